The van der Waals surface area contributed by atoms with E-state index in [1.165, 1.54) is 22.9 Å². The number of likely N-dealkylation sites (N-methyl/N-ethyl adjacent to an activating group) is 1. The summed E-state index contributed by atoms with van der Waals surface area (Å²) in [6, 6.07) is 7.55. The maximum absolute atomic E-state index is 12.9. The standard InChI is InChI=1S/C18H21N5O4/c1-12-10-16(24)17(18(25)21-9-5-6-13(11-21)19-2)20-22(12)14-7-3-4-8-15(14)23(26)27/h3-4,7-8,10,13,19H,5-6,9,11H2,1-2H3. The third-order valence-corrected chi connectivity index (χ3v) is 4.73. The molecule has 1 aliphatic rings. The highest BCUT2D eigenvalue weighted by atomic mass is 16.6. The highest BCUT2D eigenvalue weighted by molar-refractivity contribution is 5.92. The van der Waals surface area contributed by atoms with Gasteiger partial charge in [0.15, 0.2) is 5.69 Å². The first-order valence-electron chi connectivity index (χ1n) is 8.73. The minimum atomic E-state index is -0.516. The molecule has 2 heterocycles. The molecule has 9 heteroatoms. The summed E-state index contributed by atoms with van der Waals surface area (Å²) in [5, 5.41) is 18.7. The summed E-state index contributed by atoms with van der Waals surface area (Å²) >= 11 is 0. The van der Waals surface area contributed by atoms with Crippen molar-refractivity contribution in [3.8, 4) is 5.69 Å². The molecule has 27 heavy (non-hydrogen) atoms. The summed E-state index contributed by atoms with van der Waals surface area (Å²) in [4.78, 5) is 37.7. The van der Waals surface area contributed by atoms with Crippen LogP contribution in [0, 0.1) is 17.0 Å². The largest absolute Gasteiger partial charge is 0.336 e. The molecule has 1 amide bonds. The fourth-order valence-electron chi connectivity index (χ4n) is 3.28. The van der Waals surface area contributed by atoms with Gasteiger partial charge >= 0.3 is 0 Å². The molecule has 1 atom stereocenters. The molecule has 0 bridgehead atoms. The molecule has 3 rings (SSSR count). The molecule has 1 unspecified atom stereocenters. The molecule has 9 nitrogen and oxygen atoms in total. The van der Waals surface area contributed by atoms with Crippen molar-refractivity contribution in [1.29, 1.82) is 0 Å². The highest BCUT2D eigenvalue weighted by Crippen LogP contribution is 2.22. The van der Waals surface area contributed by atoms with E-state index in [4.69, 9.17) is 0 Å². The molecule has 0 radical (unpaired) electrons. The number of aromatic nitrogens is 2. The van der Waals surface area contributed by atoms with Crippen LogP contribution in [0.1, 0.15) is 29.0 Å². The van der Waals surface area contributed by atoms with Crippen LogP contribution in [0.25, 0.3) is 5.69 Å². The second-order valence-electron chi connectivity index (χ2n) is 6.54. The average molecular weight is 371 g/mol. The second-order valence-corrected chi connectivity index (χ2v) is 6.54. The lowest BCUT2D eigenvalue weighted by Gasteiger charge is -2.32. The van der Waals surface area contributed by atoms with Gasteiger partial charge in [0.2, 0.25) is 5.43 Å². The van der Waals surface area contributed by atoms with Crippen LogP contribution in [0.4, 0.5) is 5.69 Å². The number of piperidine rings is 1. The van der Waals surface area contributed by atoms with Gasteiger partial charge in [-0.05, 0) is 32.9 Å². The lowest BCUT2D eigenvalue weighted by Crippen LogP contribution is -2.48. The Morgan fingerprint density at radius 1 is 1.37 bits per heavy atom. The van der Waals surface area contributed by atoms with Crippen LogP contribution in [0.5, 0.6) is 0 Å². The van der Waals surface area contributed by atoms with Crippen LogP contribution in [-0.2, 0) is 0 Å². The smallest absolute Gasteiger partial charge is 0.294 e. The number of benzene rings is 1. The zero-order valence-electron chi connectivity index (χ0n) is 15.2. The molecule has 1 aliphatic heterocycles. The van der Waals surface area contributed by atoms with Crippen LogP contribution in [0.2, 0.25) is 0 Å². The quantitative estimate of drug-likeness (QED) is 0.640. The summed E-state index contributed by atoms with van der Waals surface area (Å²) < 4.78 is 1.28. The zero-order valence-corrected chi connectivity index (χ0v) is 15.2. The molecule has 0 spiro atoms. The summed E-state index contributed by atoms with van der Waals surface area (Å²) in [5.74, 6) is -0.452. The number of hydrogen-bond donors (Lipinski definition) is 1. The van der Waals surface area contributed by atoms with Gasteiger partial charge < -0.3 is 10.2 Å². The Kier molecular flexibility index (Phi) is 5.31. The molecular weight excluding hydrogens is 350 g/mol. The normalized spacial score (nSPS) is 17.0. The summed E-state index contributed by atoms with van der Waals surface area (Å²) in [7, 11) is 1.84. The van der Waals surface area contributed by atoms with E-state index >= 15 is 0 Å². The summed E-state index contributed by atoms with van der Waals surface area (Å²) in [6.45, 7) is 2.67. The van der Waals surface area contributed by atoms with Gasteiger partial charge in [0, 0.05) is 37.0 Å². The fraction of sp³-hybridized carbons (Fsp3) is 0.389. The Morgan fingerprint density at radius 3 is 2.81 bits per heavy atom. The average Bonchev–Trinajstić information content (AvgIpc) is 2.67. The van der Waals surface area contributed by atoms with Crippen LogP contribution < -0.4 is 10.7 Å². The second kappa shape index (κ2) is 7.67. The van der Waals surface area contributed by atoms with Crippen LogP contribution >= 0.6 is 0 Å². The van der Waals surface area contributed by atoms with Crippen LogP contribution in [0.3, 0.4) is 0 Å². The first-order chi connectivity index (χ1) is 12.9. The number of hydrogen-bond acceptors (Lipinski definition) is 6. The molecule has 142 valence electrons. The number of nitro benzene ring substituents is 1. The van der Waals surface area contributed by atoms with Crippen molar-refractivity contribution in [2.24, 2.45) is 0 Å². The number of para-hydroxylation sites is 2. The third kappa shape index (κ3) is 3.72. The minimum Gasteiger partial charge on any atom is -0.336 e. The number of nitrogens with zero attached hydrogens (tertiary/aromatic N) is 4. The number of rotatable bonds is 4. The van der Waals surface area contributed by atoms with Gasteiger partial charge in [-0.15, -0.1) is 0 Å². The first-order valence-corrected chi connectivity index (χ1v) is 8.73. The van der Waals surface area contributed by atoms with E-state index < -0.39 is 16.3 Å². The molecule has 0 aliphatic carbocycles. The van der Waals surface area contributed by atoms with Crippen molar-refractivity contribution in [2.75, 3.05) is 20.1 Å². The Bertz CT molecular complexity index is 940. The fourth-order valence-corrected chi connectivity index (χ4v) is 3.28. The van der Waals surface area contributed by atoms with E-state index in [1.807, 2.05) is 7.05 Å². The maximum atomic E-state index is 12.9. The number of carbonyl (C=O) groups excluding carboxylic acids is 1. The van der Waals surface area contributed by atoms with Crippen molar-refractivity contribution < 1.29 is 9.72 Å². The topological polar surface area (TPSA) is 110 Å². The van der Waals surface area contributed by atoms with Gasteiger partial charge in [-0.25, -0.2) is 4.68 Å². The minimum absolute atomic E-state index is 0.150. The number of nitro groups is 1. The monoisotopic (exact) mass is 371 g/mol. The third-order valence-electron chi connectivity index (χ3n) is 4.73. The molecule has 1 saturated heterocycles. The number of amides is 1. The number of likely N-dealkylation sites (tertiary alicyclic amines) is 1. The Labute approximate surface area is 155 Å². The molecule has 2 aromatic rings. The van der Waals surface area contributed by atoms with Crippen molar-refractivity contribution in [3.63, 3.8) is 0 Å². The molecule has 1 N–H and O–H groups in total. The molecular formula is C18H21N5O4. The van der Waals surface area contributed by atoms with Crippen molar-refractivity contribution >= 4 is 11.6 Å². The van der Waals surface area contributed by atoms with Crippen LogP contribution in [0.15, 0.2) is 35.1 Å². The SMILES string of the molecule is CNC1CCCN(C(=O)c2nn(-c3ccccc3[N+](=O)[O-])c(C)cc2=O)C1. The predicted molar refractivity (Wildman–Crippen MR) is 99.2 cm³/mol. The van der Waals surface area contributed by atoms with E-state index in [-0.39, 0.29) is 23.1 Å². The first kappa shape index (κ1) is 18.7. The van der Waals surface area contributed by atoms with Gasteiger partial charge in [-0.3, -0.25) is 19.7 Å². The van der Waals surface area contributed by atoms with Gasteiger partial charge in [-0.1, -0.05) is 12.1 Å². The Hall–Kier alpha value is -3.07. The number of nitrogens with one attached hydrogen (secondary N) is 1. The zero-order chi connectivity index (χ0) is 19.6. The van der Waals surface area contributed by atoms with Gasteiger partial charge in [-0.2, -0.15) is 5.10 Å². The Morgan fingerprint density at radius 2 is 2.11 bits per heavy atom. The molecule has 1 aromatic heterocycles. The molecule has 1 fully saturated rings. The van der Waals surface area contributed by atoms with Crippen molar-refractivity contribution in [2.45, 2.75) is 25.8 Å². The van der Waals surface area contributed by atoms with Gasteiger partial charge in [0.05, 0.1) is 4.92 Å². The van der Waals surface area contributed by atoms with E-state index in [2.05, 4.69) is 10.4 Å². The lowest BCUT2D eigenvalue weighted by molar-refractivity contribution is -0.384. The summed E-state index contributed by atoms with van der Waals surface area (Å²) in [5.41, 5.74) is -0.240. The van der Waals surface area contributed by atoms with Crippen LogP contribution in [-0.4, -0.2) is 51.7 Å². The predicted octanol–water partition coefficient (Wildman–Crippen LogP) is 1.27. The van der Waals surface area contributed by atoms with Gasteiger partial charge in [0.25, 0.3) is 11.6 Å². The van der Waals surface area contributed by atoms with E-state index in [0.29, 0.717) is 18.8 Å². The molecule has 1 aromatic carbocycles. The Balaban J connectivity index is 2.04. The highest BCUT2D eigenvalue weighted by Gasteiger charge is 2.27. The summed E-state index contributed by atoms with van der Waals surface area (Å²) in [6.07, 6.45) is 1.80. The van der Waals surface area contributed by atoms with Crippen molar-refractivity contribution in [1.82, 2.24) is 20.0 Å². The van der Waals surface area contributed by atoms with E-state index in [1.54, 1.807) is 24.0 Å². The van der Waals surface area contributed by atoms with E-state index in [0.717, 1.165) is 12.8 Å². The van der Waals surface area contributed by atoms with E-state index in [9.17, 15) is 19.7 Å². The lowest BCUT2D eigenvalue weighted by atomic mass is 10.1. The number of aryl methyl sites for hydroxylation is 1. The van der Waals surface area contributed by atoms with Gasteiger partial charge in [0.1, 0.15) is 5.69 Å². The molecule has 0 saturated carbocycles. The number of carbonyl (C=O) groups is 1. The maximum Gasteiger partial charge on any atom is 0.294 e. The van der Waals surface area contributed by atoms with Crippen molar-refractivity contribution in [3.05, 3.63) is 62.1 Å².